The van der Waals surface area contributed by atoms with Gasteiger partial charge in [0.1, 0.15) is 27.0 Å². The number of fused-ring (bicyclic) bond motifs is 1. The standard InChI is InChI=1S/C23H27FN4O6S3/c1-23(2,3)16-11-28(10-13-5-7-15(24)8-6-13)22(30)17(18(16)29)20-26-21-19(37(33,34)27-20)14(12-35-21)9-25-36(4,31)32/h5-8,12,16,25,29H,9-11H2,1-4H3,(H,26,27). The highest BCUT2D eigenvalue weighted by atomic mass is 32.2. The molecule has 3 N–H and O–H groups in total. The second-order valence-electron chi connectivity index (χ2n) is 10.0. The number of nitrogens with zero attached hydrogens (tertiary/aromatic N) is 2. The van der Waals surface area contributed by atoms with Gasteiger partial charge in [-0.1, -0.05) is 32.9 Å². The number of carbonyl (C=O) groups is 1. The van der Waals surface area contributed by atoms with E-state index in [4.69, 9.17) is 0 Å². The first-order valence-electron chi connectivity index (χ1n) is 11.2. The monoisotopic (exact) mass is 570 g/mol. The summed E-state index contributed by atoms with van der Waals surface area (Å²) < 4.78 is 68.8. The van der Waals surface area contributed by atoms with Crippen LogP contribution in [0.1, 0.15) is 31.9 Å². The summed E-state index contributed by atoms with van der Waals surface area (Å²) in [5.41, 5.74) is 0.119. The number of carbonyl (C=O) groups excluding carboxylic acids is 1. The van der Waals surface area contributed by atoms with E-state index in [1.165, 1.54) is 22.4 Å². The molecule has 4 rings (SSSR count). The molecular formula is C23H27FN4O6S3. The highest BCUT2D eigenvalue weighted by Crippen LogP contribution is 2.41. The van der Waals surface area contributed by atoms with E-state index in [2.05, 4.69) is 14.4 Å². The van der Waals surface area contributed by atoms with Crippen LogP contribution in [-0.2, 0) is 37.9 Å². The molecule has 2 aromatic rings. The van der Waals surface area contributed by atoms with E-state index in [0.29, 0.717) is 5.56 Å². The highest BCUT2D eigenvalue weighted by molar-refractivity contribution is 7.91. The summed E-state index contributed by atoms with van der Waals surface area (Å²) >= 11 is 1.02. The first kappa shape index (κ1) is 27.2. The molecule has 0 aliphatic carbocycles. The largest absolute Gasteiger partial charge is 0.511 e. The van der Waals surface area contributed by atoms with Gasteiger partial charge < -0.3 is 15.3 Å². The summed E-state index contributed by atoms with van der Waals surface area (Å²) in [5, 5.41) is 15.7. The van der Waals surface area contributed by atoms with Crippen molar-refractivity contribution in [2.45, 2.75) is 38.8 Å². The Labute approximate surface area is 219 Å². The van der Waals surface area contributed by atoms with Gasteiger partial charge in [0.05, 0.1) is 6.26 Å². The van der Waals surface area contributed by atoms with Crippen molar-refractivity contribution in [3.8, 4) is 0 Å². The molecule has 0 bridgehead atoms. The predicted molar refractivity (Wildman–Crippen MR) is 139 cm³/mol. The maximum atomic E-state index is 13.6. The third-order valence-electron chi connectivity index (χ3n) is 6.10. The van der Waals surface area contributed by atoms with Gasteiger partial charge in [0.15, 0.2) is 5.84 Å². The van der Waals surface area contributed by atoms with Crippen LogP contribution in [0.5, 0.6) is 0 Å². The van der Waals surface area contributed by atoms with Gasteiger partial charge in [-0.25, -0.2) is 17.5 Å². The van der Waals surface area contributed by atoms with Crippen molar-refractivity contribution in [3.05, 3.63) is 57.9 Å². The Bertz CT molecular complexity index is 1520. The molecule has 3 heterocycles. The van der Waals surface area contributed by atoms with Crippen LogP contribution in [0, 0.1) is 17.2 Å². The summed E-state index contributed by atoms with van der Waals surface area (Å²) in [5.74, 6) is -2.15. The Balaban J connectivity index is 1.74. The lowest BCUT2D eigenvalue weighted by atomic mass is 9.76. The highest BCUT2D eigenvalue weighted by Gasteiger charge is 2.43. The average Bonchev–Trinajstić information content (AvgIpc) is 3.18. The summed E-state index contributed by atoms with van der Waals surface area (Å²) in [6.45, 7) is 5.71. The number of benzene rings is 1. The van der Waals surface area contributed by atoms with Gasteiger partial charge in [-0.05, 0) is 28.5 Å². The molecule has 0 radical (unpaired) electrons. The van der Waals surface area contributed by atoms with E-state index in [0.717, 1.165) is 17.6 Å². The SMILES string of the molecule is CC(C)(C)C1CN(Cc2ccc(F)cc2)C(=O)C(C2=NS(=O)(=O)c3c(CNS(C)(=O)=O)csc3N2)=C1O. The minimum atomic E-state index is -4.33. The van der Waals surface area contributed by atoms with Crippen LogP contribution in [0.15, 0.2) is 50.3 Å². The van der Waals surface area contributed by atoms with Gasteiger partial charge >= 0.3 is 0 Å². The number of halogens is 1. The van der Waals surface area contributed by atoms with Gasteiger partial charge in [-0.15, -0.1) is 15.7 Å². The van der Waals surface area contributed by atoms with Crippen molar-refractivity contribution in [1.82, 2.24) is 9.62 Å². The quantitative estimate of drug-likeness (QED) is 0.484. The lowest BCUT2D eigenvalue weighted by molar-refractivity contribution is -0.130. The fraction of sp³-hybridized carbons (Fsp3) is 0.391. The van der Waals surface area contributed by atoms with Crippen molar-refractivity contribution in [2.75, 3.05) is 18.1 Å². The van der Waals surface area contributed by atoms with Gasteiger partial charge in [-0.3, -0.25) is 4.79 Å². The van der Waals surface area contributed by atoms with E-state index in [1.807, 2.05) is 20.8 Å². The van der Waals surface area contributed by atoms with Gasteiger partial charge in [-0.2, -0.15) is 8.42 Å². The molecule has 0 saturated heterocycles. The molecule has 1 amide bonds. The van der Waals surface area contributed by atoms with E-state index in [9.17, 15) is 31.1 Å². The first-order valence-corrected chi connectivity index (χ1v) is 15.4. The van der Waals surface area contributed by atoms with Crippen molar-refractivity contribution in [1.29, 1.82) is 0 Å². The van der Waals surface area contributed by atoms with Crippen LogP contribution in [0.3, 0.4) is 0 Å². The normalized spacial score (nSPS) is 19.9. The maximum Gasteiger partial charge on any atom is 0.287 e. The molecular weight excluding hydrogens is 543 g/mol. The summed E-state index contributed by atoms with van der Waals surface area (Å²) in [6.07, 6.45) is 0.960. The molecule has 200 valence electrons. The molecule has 2 aliphatic rings. The van der Waals surface area contributed by atoms with E-state index in [-0.39, 0.29) is 52.3 Å². The van der Waals surface area contributed by atoms with Gasteiger partial charge in [0.2, 0.25) is 10.0 Å². The third kappa shape index (κ3) is 5.71. The van der Waals surface area contributed by atoms with Crippen LogP contribution in [-0.4, -0.2) is 51.4 Å². The van der Waals surface area contributed by atoms with Crippen molar-refractivity contribution in [3.63, 3.8) is 0 Å². The number of aliphatic hydroxyl groups is 1. The zero-order chi connectivity index (χ0) is 27.3. The molecule has 0 spiro atoms. The number of aliphatic hydroxyl groups excluding tert-OH is 1. The number of hydrogen-bond donors (Lipinski definition) is 3. The number of amides is 1. The van der Waals surface area contributed by atoms with Crippen LogP contribution in [0.2, 0.25) is 0 Å². The molecule has 10 nitrogen and oxygen atoms in total. The third-order valence-corrected chi connectivity index (χ3v) is 9.25. The van der Waals surface area contributed by atoms with Crippen LogP contribution in [0.4, 0.5) is 9.39 Å². The molecule has 0 saturated carbocycles. The second kappa shape index (κ2) is 9.49. The lowest BCUT2D eigenvalue weighted by Crippen LogP contribution is -2.48. The van der Waals surface area contributed by atoms with Crippen molar-refractivity contribution < 1.29 is 31.1 Å². The summed E-state index contributed by atoms with van der Waals surface area (Å²) in [4.78, 5) is 14.9. The zero-order valence-corrected chi connectivity index (χ0v) is 23.0. The number of thiophene rings is 1. The smallest absolute Gasteiger partial charge is 0.287 e. The fourth-order valence-electron chi connectivity index (χ4n) is 4.17. The maximum absolute atomic E-state index is 13.6. The van der Waals surface area contributed by atoms with Gasteiger partial charge in [0.25, 0.3) is 15.9 Å². The molecule has 1 aromatic carbocycles. The molecule has 0 fully saturated rings. The molecule has 14 heteroatoms. The fourth-order valence-corrected chi connectivity index (χ4v) is 7.20. The van der Waals surface area contributed by atoms with Crippen molar-refractivity contribution >= 4 is 48.1 Å². The van der Waals surface area contributed by atoms with Crippen molar-refractivity contribution in [2.24, 2.45) is 15.7 Å². The Kier molecular flexibility index (Phi) is 6.99. The minimum Gasteiger partial charge on any atom is -0.511 e. The summed E-state index contributed by atoms with van der Waals surface area (Å²) in [7, 11) is -7.90. The Hall–Kier alpha value is -2.81. The number of anilines is 1. The number of sulfonamides is 2. The Morgan fingerprint density at radius 2 is 1.92 bits per heavy atom. The van der Waals surface area contributed by atoms with Crippen LogP contribution >= 0.6 is 11.3 Å². The van der Waals surface area contributed by atoms with Crippen LogP contribution in [0.25, 0.3) is 0 Å². The molecule has 1 aromatic heterocycles. The number of rotatable bonds is 6. The van der Waals surface area contributed by atoms with E-state index < -0.39 is 43.1 Å². The van der Waals surface area contributed by atoms with E-state index >= 15 is 0 Å². The topological polar surface area (TPSA) is 145 Å². The molecule has 1 unspecified atom stereocenters. The molecule has 37 heavy (non-hydrogen) atoms. The first-order chi connectivity index (χ1) is 17.1. The van der Waals surface area contributed by atoms with E-state index in [1.54, 1.807) is 12.1 Å². The predicted octanol–water partition coefficient (Wildman–Crippen LogP) is 2.97. The number of amidine groups is 1. The zero-order valence-electron chi connectivity index (χ0n) is 20.6. The molecule has 2 aliphatic heterocycles. The number of hydrogen-bond acceptors (Lipinski definition) is 8. The lowest BCUT2D eigenvalue weighted by Gasteiger charge is -2.40. The van der Waals surface area contributed by atoms with Crippen LogP contribution < -0.4 is 10.0 Å². The Morgan fingerprint density at radius 1 is 1.27 bits per heavy atom. The summed E-state index contributed by atoms with van der Waals surface area (Å²) in [6, 6.07) is 5.68. The second-order valence-corrected chi connectivity index (χ2v) is 14.3. The minimum absolute atomic E-state index is 0.119. The number of nitrogens with one attached hydrogen (secondary N) is 2. The van der Waals surface area contributed by atoms with Gasteiger partial charge in [0, 0.05) is 31.1 Å². The molecule has 1 atom stereocenters. The average molecular weight is 571 g/mol. The Morgan fingerprint density at radius 3 is 2.51 bits per heavy atom.